The Hall–Kier alpha value is -3.09. The molecule has 0 atom stereocenters. The molecule has 0 aliphatic rings. The van der Waals surface area contributed by atoms with E-state index in [4.69, 9.17) is 0 Å². The molecule has 1 heterocycles. The Kier molecular flexibility index (Phi) is 10.2. The van der Waals surface area contributed by atoms with Crippen LogP contribution in [-0.2, 0) is 11.2 Å². The number of para-hydroxylation sites is 1. The summed E-state index contributed by atoms with van der Waals surface area (Å²) >= 11 is 0. The summed E-state index contributed by atoms with van der Waals surface area (Å²) in [7, 11) is 3.53. The summed E-state index contributed by atoms with van der Waals surface area (Å²) in [5, 5.41) is 6.38. The number of carbonyl (C=O) groups excluding carboxylic acids is 1. The number of anilines is 1. The van der Waals surface area contributed by atoms with Crippen LogP contribution in [0.15, 0.2) is 59.7 Å². The van der Waals surface area contributed by atoms with E-state index in [1.54, 1.807) is 18.1 Å². The van der Waals surface area contributed by atoms with Crippen LogP contribution < -0.4 is 15.5 Å². The van der Waals surface area contributed by atoms with Crippen LogP contribution in [0.2, 0.25) is 0 Å². The number of amides is 1. The maximum atomic E-state index is 12.4. The van der Waals surface area contributed by atoms with Gasteiger partial charge in [0.15, 0.2) is 5.96 Å². The van der Waals surface area contributed by atoms with Gasteiger partial charge in [0.2, 0.25) is 5.91 Å². The number of nitrogens with one attached hydrogen (secondary N) is 2. The molecule has 0 saturated heterocycles. The van der Waals surface area contributed by atoms with Crippen molar-refractivity contribution < 1.29 is 4.79 Å². The molecule has 0 saturated carbocycles. The molecule has 1 aromatic carbocycles. The molecule has 2 rings (SSSR count). The molecule has 162 valence electrons. The van der Waals surface area contributed by atoms with Gasteiger partial charge in [0.25, 0.3) is 0 Å². The summed E-state index contributed by atoms with van der Waals surface area (Å²) in [5.74, 6) is 0.666. The molecule has 1 amide bonds. The second-order valence-electron chi connectivity index (χ2n) is 7.01. The van der Waals surface area contributed by atoms with E-state index in [9.17, 15) is 4.79 Å². The summed E-state index contributed by atoms with van der Waals surface area (Å²) in [6, 6.07) is 16.2. The number of aromatic nitrogens is 1. The standard InChI is InChI=1S/C23H34N6O/c1-4-29(21-12-6-5-7-13-21)17-10-16-26-23(24-2)27-19-22(30)28(3)18-14-20-11-8-9-15-25-20/h5-9,11-13,15H,4,10,14,16-19H2,1-3H3,(H2,24,26,27). The van der Waals surface area contributed by atoms with Crippen LogP contribution in [-0.4, -0.2) is 68.6 Å². The first-order valence-electron chi connectivity index (χ1n) is 10.5. The molecule has 0 unspecified atom stereocenters. The van der Waals surface area contributed by atoms with Crippen molar-refractivity contribution in [1.29, 1.82) is 0 Å². The van der Waals surface area contributed by atoms with E-state index in [2.05, 4.69) is 56.7 Å². The molecule has 2 N–H and O–H groups in total. The van der Waals surface area contributed by atoms with Gasteiger partial charge in [-0.25, -0.2) is 0 Å². The van der Waals surface area contributed by atoms with Crippen LogP contribution in [0.3, 0.4) is 0 Å². The molecule has 0 fully saturated rings. The lowest BCUT2D eigenvalue weighted by molar-refractivity contribution is -0.128. The number of hydrogen-bond acceptors (Lipinski definition) is 4. The van der Waals surface area contributed by atoms with Gasteiger partial charge in [-0.2, -0.15) is 0 Å². The van der Waals surface area contributed by atoms with Gasteiger partial charge in [0, 0.05) is 64.3 Å². The van der Waals surface area contributed by atoms with E-state index in [0.29, 0.717) is 12.5 Å². The smallest absolute Gasteiger partial charge is 0.241 e. The SMILES string of the molecule is CCN(CCCNC(=NC)NCC(=O)N(C)CCc1ccccn1)c1ccccc1. The fraction of sp³-hybridized carbons (Fsp3) is 0.435. The minimum absolute atomic E-state index is 0.0233. The molecule has 0 spiro atoms. The number of rotatable bonds is 11. The predicted octanol–water partition coefficient (Wildman–Crippen LogP) is 2.16. The first kappa shape index (κ1) is 23.2. The highest BCUT2D eigenvalue weighted by Gasteiger charge is 2.10. The maximum absolute atomic E-state index is 12.4. The number of guanidine groups is 1. The molecule has 0 aliphatic heterocycles. The summed E-state index contributed by atoms with van der Waals surface area (Å²) < 4.78 is 0. The molecule has 7 heteroatoms. The zero-order valence-corrected chi connectivity index (χ0v) is 18.3. The Bertz CT molecular complexity index is 766. The van der Waals surface area contributed by atoms with Crippen molar-refractivity contribution in [3.05, 3.63) is 60.4 Å². The zero-order valence-electron chi connectivity index (χ0n) is 18.3. The number of carbonyl (C=O) groups is 1. The van der Waals surface area contributed by atoms with Crippen molar-refractivity contribution in [1.82, 2.24) is 20.5 Å². The lowest BCUT2D eigenvalue weighted by Crippen LogP contribution is -2.44. The Balaban J connectivity index is 1.65. The summed E-state index contributed by atoms with van der Waals surface area (Å²) in [6.07, 6.45) is 3.49. The molecule has 2 aromatic rings. The number of likely N-dealkylation sites (N-methyl/N-ethyl adjacent to an activating group) is 1. The molecular formula is C23H34N6O. The van der Waals surface area contributed by atoms with E-state index in [-0.39, 0.29) is 12.5 Å². The topological polar surface area (TPSA) is 72.9 Å². The third-order valence-electron chi connectivity index (χ3n) is 4.89. The number of pyridine rings is 1. The Morgan fingerprint density at radius 2 is 1.83 bits per heavy atom. The molecule has 7 nitrogen and oxygen atoms in total. The van der Waals surface area contributed by atoms with Crippen molar-refractivity contribution in [2.24, 2.45) is 4.99 Å². The monoisotopic (exact) mass is 410 g/mol. The first-order valence-corrected chi connectivity index (χ1v) is 10.5. The van der Waals surface area contributed by atoms with Gasteiger partial charge in [-0.05, 0) is 37.6 Å². The highest BCUT2D eigenvalue weighted by atomic mass is 16.2. The van der Waals surface area contributed by atoms with Gasteiger partial charge in [-0.15, -0.1) is 0 Å². The molecule has 1 aromatic heterocycles. The van der Waals surface area contributed by atoms with Crippen LogP contribution in [0.5, 0.6) is 0 Å². The Morgan fingerprint density at radius 3 is 2.50 bits per heavy atom. The average Bonchev–Trinajstić information content (AvgIpc) is 2.80. The number of hydrogen-bond donors (Lipinski definition) is 2. The van der Waals surface area contributed by atoms with Crippen molar-refractivity contribution >= 4 is 17.6 Å². The number of nitrogens with zero attached hydrogens (tertiary/aromatic N) is 4. The molecule has 0 aliphatic carbocycles. The van der Waals surface area contributed by atoms with E-state index in [1.807, 2.05) is 31.3 Å². The fourth-order valence-electron chi connectivity index (χ4n) is 3.05. The van der Waals surface area contributed by atoms with Gasteiger partial charge in [0.1, 0.15) is 0 Å². The summed E-state index contributed by atoms with van der Waals surface area (Å²) in [4.78, 5) is 24.9. The third-order valence-corrected chi connectivity index (χ3v) is 4.89. The first-order chi connectivity index (χ1) is 14.6. The van der Waals surface area contributed by atoms with E-state index in [0.717, 1.165) is 38.2 Å². The lowest BCUT2D eigenvalue weighted by atomic mass is 10.2. The van der Waals surface area contributed by atoms with Crippen molar-refractivity contribution in [3.63, 3.8) is 0 Å². The molecule has 0 radical (unpaired) electrons. The van der Waals surface area contributed by atoms with Crippen molar-refractivity contribution in [2.45, 2.75) is 19.8 Å². The molecule has 0 bridgehead atoms. The fourth-order valence-corrected chi connectivity index (χ4v) is 3.05. The van der Waals surface area contributed by atoms with E-state index >= 15 is 0 Å². The lowest BCUT2D eigenvalue weighted by Gasteiger charge is -2.23. The van der Waals surface area contributed by atoms with Crippen LogP contribution in [0.4, 0.5) is 5.69 Å². The Morgan fingerprint density at radius 1 is 1.07 bits per heavy atom. The van der Waals surface area contributed by atoms with Gasteiger partial charge >= 0.3 is 0 Å². The van der Waals surface area contributed by atoms with Crippen molar-refractivity contribution in [3.8, 4) is 0 Å². The highest BCUT2D eigenvalue weighted by molar-refractivity contribution is 5.86. The Labute approximate surface area is 180 Å². The zero-order chi connectivity index (χ0) is 21.6. The highest BCUT2D eigenvalue weighted by Crippen LogP contribution is 2.12. The maximum Gasteiger partial charge on any atom is 0.241 e. The van der Waals surface area contributed by atoms with Crippen LogP contribution in [0.25, 0.3) is 0 Å². The largest absolute Gasteiger partial charge is 0.372 e. The van der Waals surface area contributed by atoms with Crippen molar-refractivity contribution in [2.75, 3.05) is 51.7 Å². The summed E-state index contributed by atoms with van der Waals surface area (Å²) in [6.45, 7) is 5.72. The second kappa shape index (κ2) is 13.2. The number of aliphatic imine (C=N–C) groups is 1. The number of benzene rings is 1. The van der Waals surface area contributed by atoms with Gasteiger partial charge in [-0.1, -0.05) is 24.3 Å². The van der Waals surface area contributed by atoms with Crippen LogP contribution >= 0.6 is 0 Å². The van der Waals surface area contributed by atoms with Crippen LogP contribution in [0.1, 0.15) is 19.0 Å². The van der Waals surface area contributed by atoms with Gasteiger partial charge in [-0.3, -0.25) is 14.8 Å². The normalized spacial score (nSPS) is 11.1. The molecular weight excluding hydrogens is 376 g/mol. The quantitative estimate of drug-likeness (QED) is 0.337. The van der Waals surface area contributed by atoms with Gasteiger partial charge < -0.3 is 20.4 Å². The van der Waals surface area contributed by atoms with Gasteiger partial charge in [0.05, 0.1) is 6.54 Å². The minimum Gasteiger partial charge on any atom is -0.372 e. The third kappa shape index (κ3) is 8.11. The minimum atomic E-state index is 0.0233. The van der Waals surface area contributed by atoms with Crippen LogP contribution in [0, 0.1) is 0 Å². The van der Waals surface area contributed by atoms with E-state index in [1.165, 1.54) is 5.69 Å². The molecule has 30 heavy (non-hydrogen) atoms. The average molecular weight is 411 g/mol. The second-order valence-corrected chi connectivity index (χ2v) is 7.01. The summed E-state index contributed by atoms with van der Waals surface area (Å²) in [5.41, 5.74) is 2.22. The predicted molar refractivity (Wildman–Crippen MR) is 124 cm³/mol. The van der Waals surface area contributed by atoms with E-state index < -0.39 is 0 Å².